The van der Waals surface area contributed by atoms with Crippen molar-refractivity contribution in [2.75, 3.05) is 0 Å². The van der Waals surface area contributed by atoms with E-state index in [1.165, 1.54) is 17.4 Å². The molecule has 0 aromatic carbocycles. The summed E-state index contributed by atoms with van der Waals surface area (Å²) in [6, 6.07) is 5.03. The second-order valence-electron chi connectivity index (χ2n) is 6.00. The second kappa shape index (κ2) is 4.77. The highest BCUT2D eigenvalue weighted by atomic mass is 32.1. The Kier molecular flexibility index (Phi) is 3.17. The highest BCUT2D eigenvalue weighted by molar-refractivity contribution is 7.08. The Balaban J connectivity index is 2.48. The van der Waals surface area contributed by atoms with Gasteiger partial charge in [0, 0.05) is 16.3 Å². The Bertz CT molecular complexity index is 860. The van der Waals surface area contributed by atoms with Crippen LogP contribution in [0.5, 0.6) is 0 Å². The molecular formula is C16H15FN2OS. The van der Waals surface area contributed by atoms with Gasteiger partial charge in [0.2, 0.25) is 0 Å². The lowest BCUT2D eigenvalue weighted by atomic mass is 9.87. The van der Waals surface area contributed by atoms with E-state index >= 15 is 0 Å². The van der Waals surface area contributed by atoms with E-state index in [2.05, 4.69) is 4.98 Å². The largest absolute Gasteiger partial charge is 0.269 e. The topological polar surface area (TPSA) is 34.9 Å². The number of rotatable bonds is 1. The molecule has 3 aromatic rings. The van der Waals surface area contributed by atoms with Crippen LogP contribution >= 0.6 is 11.3 Å². The zero-order chi connectivity index (χ0) is 15.2. The van der Waals surface area contributed by atoms with Gasteiger partial charge in [0.1, 0.15) is 11.5 Å². The van der Waals surface area contributed by atoms with Gasteiger partial charge >= 0.3 is 0 Å². The number of fused-ring (bicyclic) bond motifs is 1. The molecule has 0 aliphatic carbocycles. The average molecular weight is 302 g/mol. The van der Waals surface area contributed by atoms with Gasteiger partial charge < -0.3 is 0 Å². The van der Waals surface area contributed by atoms with Crippen LogP contribution in [0.3, 0.4) is 0 Å². The molecule has 3 aromatic heterocycles. The minimum absolute atomic E-state index is 0.104. The zero-order valence-corrected chi connectivity index (χ0v) is 12.9. The molecule has 0 saturated carbocycles. The van der Waals surface area contributed by atoms with Crippen LogP contribution in [0.4, 0.5) is 4.39 Å². The molecule has 3 nitrogen and oxygen atoms in total. The highest BCUT2D eigenvalue weighted by Crippen LogP contribution is 2.24. The van der Waals surface area contributed by atoms with E-state index in [1.807, 2.05) is 37.6 Å². The lowest BCUT2D eigenvalue weighted by Crippen LogP contribution is -2.30. The van der Waals surface area contributed by atoms with Crippen molar-refractivity contribution in [3.8, 4) is 5.69 Å². The zero-order valence-electron chi connectivity index (χ0n) is 12.1. The number of nitrogens with zero attached hydrogens (tertiary/aromatic N) is 2. The minimum atomic E-state index is -0.405. The van der Waals surface area contributed by atoms with Gasteiger partial charge in [0.05, 0.1) is 11.9 Å². The lowest BCUT2D eigenvalue weighted by molar-refractivity contribution is 0.579. The van der Waals surface area contributed by atoms with E-state index < -0.39 is 5.82 Å². The van der Waals surface area contributed by atoms with Crippen molar-refractivity contribution in [2.24, 2.45) is 0 Å². The van der Waals surface area contributed by atoms with Crippen molar-refractivity contribution in [1.82, 2.24) is 9.55 Å². The minimum Gasteiger partial charge on any atom is -0.269 e. The first-order valence-corrected chi connectivity index (χ1v) is 7.56. The van der Waals surface area contributed by atoms with E-state index in [0.29, 0.717) is 16.6 Å². The Morgan fingerprint density at radius 3 is 2.67 bits per heavy atom. The maximum Gasteiger partial charge on any atom is 0.260 e. The van der Waals surface area contributed by atoms with Crippen LogP contribution in [0.1, 0.15) is 26.3 Å². The third-order valence-corrected chi connectivity index (χ3v) is 4.05. The van der Waals surface area contributed by atoms with E-state index in [1.54, 1.807) is 10.6 Å². The average Bonchev–Trinajstić information content (AvgIpc) is 2.90. The molecule has 0 bridgehead atoms. The molecule has 0 atom stereocenters. The van der Waals surface area contributed by atoms with Gasteiger partial charge in [-0.15, -0.1) is 0 Å². The number of hydrogen-bond donors (Lipinski definition) is 0. The van der Waals surface area contributed by atoms with Crippen LogP contribution in [0, 0.1) is 5.82 Å². The normalized spacial score (nSPS) is 12.0. The summed E-state index contributed by atoms with van der Waals surface area (Å²) in [5.74, 6) is -0.405. The Labute approximate surface area is 125 Å². The van der Waals surface area contributed by atoms with E-state index in [9.17, 15) is 9.18 Å². The molecule has 0 aliphatic heterocycles. The summed E-state index contributed by atoms with van der Waals surface area (Å²) < 4.78 is 15.1. The van der Waals surface area contributed by atoms with Crippen LogP contribution < -0.4 is 5.56 Å². The summed E-state index contributed by atoms with van der Waals surface area (Å²) in [6.07, 6.45) is 1.14. The molecule has 21 heavy (non-hydrogen) atoms. The summed E-state index contributed by atoms with van der Waals surface area (Å²) in [7, 11) is 0. The molecule has 0 amide bonds. The third kappa shape index (κ3) is 2.38. The van der Waals surface area contributed by atoms with Crippen molar-refractivity contribution in [1.29, 1.82) is 0 Å². The third-order valence-electron chi connectivity index (χ3n) is 3.38. The summed E-state index contributed by atoms with van der Waals surface area (Å²) >= 11 is 1.51. The predicted octanol–water partition coefficient (Wildman–Crippen LogP) is 3.88. The molecule has 3 rings (SSSR count). The predicted molar refractivity (Wildman–Crippen MR) is 83.9 cm³/mol. The van der Waals surface area contributed by atoms with E-state index in [4.69, 9.17) is 0 Å². The van der Waals surface area contributed by atoms with Gasteiger partial charge in [-0.3, -0.25) is 9.36 Å². The summed E-state index contributed by atoms with van der Waals surface area (Å²) in [5, 5.41) is 4.42. The summed E-state index contributed by atoms with van der Waals surface area (Å²) in [5.41, 5.74) is 1.46. The van der Waals surface area contributed by atoms with Gasteiger partial charge in [-0.05, 0) is 29.0 Å². The van der Waals surface area contributed by atoms with E-state index in [-0.39, 0.29) is 11.0 Å². The van der Waals surface area contributed by atoms with Crippen molar-refractivity contribution in [3.63, 3.8) is 0 Å². The molecule has 0 fully saturated rings. The SMILES string of the molecule is CC(C)(C)c1cc2cc(F)cnc2n(-c2ccsc2)c1=O. The molecule has 0 aliphatic rings. The molecule has 5 heteroatoms. The number of thiophene rings is 1. The van der Waals surface area contributed by atoms with Crippen LogP contribution in [-0.4, -0.2) is 9.55 Å². The van der Waals surface area contributed by atoms with Crippen molar-refractivity contribution >= 4 is 22.4 Å². The quantitative estimate of drug-likeness (QED) is 0.683. The lowest BCUT2D eigenvalue weighted by Gasteiger charge is -2.20. The van der Waals surface area contributed by atoms with Gasteiger partial charge in [-0.25, -0.2) is 9.37 Å². The van der Waals surface area contributed by atoms with Crippen molar-refractivity contribution in [2.45, 2.75) is 26.2 Å². The first-order chi connectivity index (χ1) is 9.88. The van der Waals surface area contributed by atoms with Crippen LogP contribution in [0.15, 0.2) is 40.0 Å². The molecule has 0 spiro atoms. The Morgan fingerprint density at radius 1 is 1.29 bits per heavy atom. The van der Waals surface area contributed by atoms with E-state index in [0.717, 1.165) is 11.9 Å². The van der Waals surface area contributed by atoms with Gasteiger partial charge in [-0.1, -0.05) is 20.8 Å². The molecule has 3 heterocycles. The standard InChI is InChI=1S/C16H15FN2OS/c1-16(2,3)13-7-10-6-11(17)8-18-14(10)19(15(13)20)12-4-5-21-9-12/h4-9H,1-3H3. The fraction of sp³-hybridized carbons (Fsp3) is 0.250. The molecule has 108 valence electrons. The maximum atomic E-state index is 13.5. The van der Waals surface area contributed by atoms with Crippen molar-refractivity contribution in [3.05, 3.63) is 56.9 Å². The Morgan fingerprint density at radius 2 is 2.05 bits per heavy atom. The maximum absolute atomic E-state index is 13.5. The number of halogens is 1. The summed E-state index contributed by atoms with van der Waals surface area (Å²) in [4.78, 5) is 17.0. The summed E-state index contributed by atoms with van der Waals surface area (Å²) in [6.45, 7) is 5.92. The molecule has 0 saturated heterocycles. The number of pyridine rings is 2. The smallest absolute Gasteiger partial charge is 0.260 e. The van der Waals surface area contributed by atoms with Gasteiger partial charge in [0.15, 0.2) is 0 Å². The van der Waals surface area contributed by atoms with Crippen LogP contribution in [0.2, 0.25) is 0 Å². The van der Waals surface area contributed by atoms with Crippen LogP contribution in [0.25, 0.3) is 16.7 Å². The molecule has 0 unspecified atom stereocenters. The molecule has 0 N–H and O–H groups in total. The highest BCUT2D eigenvalue weighted by Gasteiger charge is 2.22. The number of hydrogen-bond acceptors (Lipinski definition) is 3. The fourth-order valence-corrected chi connectivity index (χ4v) is 2.96. The fourth-order valence-electron chi connectivity index (χ4n) is 2.34. The van der Waals surface area contributed by atoms with Crippen LogP contribution in [-0.2, 0) is 5.41 Å². The number of aromatic nitrogens is 2. The first-order valence-electron chi connectivity index (χ1n) is 6.62. The van der Waals surface area contributed by atoms with Crippen molar-refractivity contribution < 1.29 is 4.39 Å². The Hall–Kier alpha value is -2.01. The first kappa shape index (κ1) is 13.9. The second-order valence-corrected chi connectivity index (χ2v) is 6.78. The monoisotopic (exact) mass is 302 g/mol. The molecule has 0 radical (unpaired) electrons. The molecular weight excluding hydrogens is 287 g/mol. The van der Waals surface area contributed by atoms with Gasteiger partial charge in [0.25, 0.3) is 5.56 Å². The van der Waals surface area contributed by atoms with Gasteiger partial charge in [-0.2, -0.15) is 11.3 Å².